The van der Waals surface area contributed by atoms with E-state index in [9.17, 15) is 9.59 Å². The Balaban J connectivity index is 2.03. The lowest BCUT2D eigenvalue weighted by Crippen LogP contribution is -2.28. The molecule has 0 radical (unpaired) electrons. The van der Waals surface area contributed by atoms with Crippen molar-refractivity contribution in [2.45, 2.75) is 26.3 Å². The molecule has 2 saturated heterocycles. The summed E-state index contributed by atoms with van der Waals surface area (Å²) in [4.78, 5) is 30.1. The van der Waals surface area contributed by atoms with Crippen LogP contribution in [-0.2, 0) is 11.3 Å². The van der Waals surface area contributed by atoms with Crippen LogP contribution in [0.3, 0.4) is 0 Å². The van der Waals surface area contributed by atoms with Gasteiger partial charge < -0.3 is 9.47 Å². The monoisotopic (exact) mass is 399 g/mol. The molecule has 0 spiro atoms. The topological polar surface area (TPSA) is 45.6 Å². The Morgan fingerprint density at radius 2 is 1.89 bits per heavy atom. The van der Waals surface area contributed by atoms with E-state index in [2.05, 4.69) is 11.0 Å². The number of fused-ring (bicyclic) bond motifs is 1. The molecule has 1 aromatic carbocycles. The van der Waals surface area contributed by atoms with Gasteiger partial charge in [0.05, 0.1) is 21.7 Å². The number of carbonyl (C=O) groups excluding carboxylic acids is 1. The van der Waals surface area contributed by atoms with E-state index >= 15 is 0 Å². The summed E-state index contributed by atoms with van der Waals surface area (Å²) < 4.78 is 2.30. The predicted molar refractivity (Wildman–Crippen MR) is 116 cm³/mol. The maximum absolute atomic E-state index is 13.4. The van der Waals surface area contributed by atoms with Gasteiger partial charge >= 0.3 is 0 Å². The number of para-hydroxylation sites is 1. The van der Waals surface area contributed by atoms with E-state index in [1.807, 2.05) is 25.1 Å². The molecule has 1 amide bonds. The van der Waals surface area contributed by atoms with E-state index < -0.39 is 0 Å². The first-order chi connectivity index (χ1) is 13.0. The van der Waals surface area contributed by atoms with Crippen LogP contribution in [0.15, 0.2) is 34.0 Å². The fourth-order valence-corrected chi connectivity index (χ4v) is 4.97. The van der Waals surface area contributed by atoms with Crippen molar-refractivity contribution in [1.82, 2.24) is 9.47 Å². The number of anilines is 1. The molecule has 4 rings (SSSR count). The van der Waals surface area contributed by atoms with Gasteiger partial charge in [-0.3, -0.25) is 14.5 Å². The molecule has 2 aliphatic heterocycles. The molecule has 5 nitrogen and oxygen atoms in total. The summed E-state index contributed by atoms with van der Waals surface area (Å²) >= 11 is 6.50. The van der Waals surface area contributed by atoms with Gasteiger partial charge in [-0.1, -0.05) is 42.2 Å². The first-order valence-electron chi connectivity index (χ1n) is 9.15. The van der Waals surface area contributed by atoms with Crippen LogP contribution in [0.4, 0.5) is 5.69 Å². The van der Waals surface area contributed by atoms with Crippen LogP contribution in [0.1, 0.15) is 25.3 Å². The second kappa shape index (κ2) is 7.13. The summed E-state index contributed by atoms with van der Waals surface area (Å²) in [6, 6.07) is 8.03. The number of pyridine rings is 1. The molecule has 0 saturated carbocycles. The highest BCUT2D eigenvalue weighted by atomic mass is 32.2. The maximum Gasteiger partial charge on any atom is 0.265 e. The Hall–Kier alpha value is -2.12. The van der Waals surface area contributed by atoms with Crippen molar-refractivity contribution in [3.05, 3.63) is 45.1 Å². The van der Waals surface area contributed by atoms with Gasteiger partial charge in [-0.25, -0.2) is 0 Å². The van der Waals surface area contributed by atoms with Gasteiger partial charge in [-0.15, -0.1) is 0 Å². The van der Waals surface area contributed by atoms with Crippen LogP contribution in [0, 0.1) is 0 Å². The minimum absolute atomic E-state index is 0.0560. The highest BCUT2D eigenvalue weighted by molar-refractivity contribution is 8.26. The Morgan fingerprint density at radius 3 is 2.52 bits per heavy atom. The molecule has 3 heterocycles. The summed E-state index contributed by atoms with van der Waals surface area (Å²) in [5.74, 6) is -0.145. The van der Waals surface area contributed by atoms with Crippen molar-refractivity contribution >= 4 is 56.9 Å². The average Bonchev–Trinajstić information content (AvgIpc) is 3.28. The van der Waals surface area contributed by atoms with Crippen LogP contribution in [0.2, 0.25) is 0 Å². The van der Waals surface area contributed by atoms with Crippen LogP contribution in [0.5, 0.6) is 0 Å². The lowest BCUT2D eigenvalue weighted by Gasteiger charge is -2.24. The molecule has 0 N–H and O–H groups in total. The number of hydrogen-bond acceptors (Lipinski definition) is 5. The maximum atomic E-state index is 13.4. The SMILES string of the molecule is CCn1c(=O)c(C=C2SC(=S)N(C)C2=O)c(N2CCCC2)c2ccccc21. The third kappa shape index (κ3) is 2.99. The van der Waals surface area contributed by atoms with Crippen molar-refractivity contribution in [1.29, 1.82) is 0 Å². The molecule has 2 aromatic rings. The van der Waals surface area contributed by atoms with E-state index in [0.717, 1.165) is 42.5 Å². The summed E-state index contributed by atoms with van der Waals surface area (Å²) in [5.41, 5.74) is 2.41. The summed E-state index contributed by atoms with van der Waals surface area (Å²) in [5, 5.41) is 1.05. The van der Waals surface area contributed by atoms with Gasteiger partial charge in [0, 0.05) is 32.1 Å². The fraction of sp³-hybridized carbons (Fsp3) is 0.350. The molecule has 0 aliphatic carbocycles. The molecule has 27 heavy (non-hydrogen) atoms. The molecule has 0 atom stereocenters. The van der Waals surface area contributed by atoms with Gasteiger partial charge in [0.2, 0.25) is 0 Å². The Kier molecular flexibility index (Phi) is 4.82. The lowest BCUT2D eigenvalue weighted by molar-refractivity contribution is -0.121. The largest absolute Gasteiger partial charge is 0.370 e. The molecule has 140 valence electrons. The average molecular weight is 400 g/mol. The van der Waals surface area contributed by atoms with Crippen LogP contribution in [0.25, 0.3) is 17.0 Å². The highest BCUT2D eigenvalue weighted by Gasteiger charge is 2.30. The van der Waals surface area contributed by atoms with Gasteiger partial charge in [0.25, 0.3) is 11.5 Å². The molecule has 0 unspecified atom stereocenters. The first kappa shape index (κ1) is 18.3. The summed E-state index contributed by atoms with van der Waals surface area (Å²) in [7, 11) is 1.67. The van der Waals surface area contributed by atoms with Crippen LogP contribution in [-0.4, -0.2) is 39.8 Å². The molecular formula is C20H21N3O2S2. The van der Waals surface area contributed by atoms with Gasteiger partial charge in [0.1, 0.15) is 4.32 Å². The smallest absolute Gasteiger partial charge is 0.265 e. The predicted octanol–water partition coefficient (Wildman–Crippen LogP) is 3.45. The second-order valence-electron chi connectivity index (χ2n) is 6.76. The Bertz CT molecular complexity index is 1040. The lowest BCUT2D eigenvalue weighted by atomic mass is 10.1. The third-order valence-corrected chi connectivity index (χ3v) is 6.67. The zero-order valence-corrected chi connectivity index (χ0v) is 17.0. The van der Waals surface area contributed by atoms with Crippen LogP contribution < -0.4 is 10.5 Å². The number of amides is 1. The van der Waals surface area contributed by atoms with E-state index in [-0.39, 0.29) is 11.5 Å². The summed E-state index contributed by atoms with van der Waals surface area (Å²) in [6.45, 7) is 4.40. The summed E-state index contributed by atoms with van der Waals surface area (Å²) in [6.07, 6.45) is 3.97. The molecular weight excluding hydrogens is 378 g/mol. The van der Waals surface area contributed by atoms with Gasteiger partial charge in [-0.05, 0) is 31.9 Å². The van der Waals surface area contributed by atoms with Crippen molar-refractivity contribution in [3.63, 3.8) is 0 Å². The number of thioether (sulfide) groups is 1. The van der Waals surface area contributed by atoms with E-state index in [1.165, 1.54) is 16.7 Å². The van der Waals surface area contributed by atoms with E-state index in [0.29, 0.717) is 21.3 Å². The number of benzene rings is 1. The number of hydrogen-bond donors (Lipinski definition) is 0. The quantitative estimate of drug-likeness (QED) is 0.584. The van der Waals surface area contributed by atoms with Crippen molar-refractivity contribution in [2.75, 3.05) is 25.0 Å². The molecule has 0 bridgehead atoms. The number of nitrogens with zero attached hydrogens (tertiary/aromatic N) is 3. The molecule has 7 heteroatoms. The first-order valence-corrected chi connectivity index (χ1v) is 10.4. The fourth-order valence-electron chi connectivity index (χ4n) is 3.81. The number of aromatic nitrogens is 1. The molecule has 1 aromatic heterocycles. The molecule has 2 fully saturated rings. The van der Waals surface area contributed by atoms with Crippen molar-refractivity contribution in [3.8, 4) is 0 Å². The normalized spacial score (nSPS) is 19.1. The number of aryl methyl sites for hydroxylation is 1. The third-order valence-electron chi connectivity index (χ3n) is 5.18. The minimum Gasteiger partial charge on any atom is -0.370 e. The zero-order valence-electron chi connectivity index (χ0n) is 15.4. The zero-order chi connectivity index (χ0) is 19.1. The van der Waals surface area contributed by atoms with Gasteiger partial charge in [-0.2, -0.15) is 0 Å². The standard InChI is InChI=1S/C20H21N3O2S2/c1-3-23-15-9-5-4-8-13(15)17(22-10-6-7-11-22)14(18(23)24)12-16-19(25)21(2)20(26)27-16/h4-5,8-9,12H,3,6-7,10-11H2,1-2H3. The Labute approximate surface area is 167 Å². The van der Waals surface area contributed by atoms with Crippen LogP contribution >= 0.6 is 24.0 Å². The Morgan fingerprint density at radius 1 is 1.19 bits per heavy atom. The number of thiocarbonyl (C=S) groups is 1. The number of likely N-dealkylation sites (N-methyl/N-ethyl adjacent to an activating group) is 1. The number of carbonyl (C=O) groups is 1. The van der Waals surface area contributed by atoms with E-state index in [4.69, 9.17) is 12.2 Å². The minimum atomic E-state index is -0.145. The highest BCUT2D eigenvalue weighted by Crippen LogP contribution is 2.36. The molecule has 2 aliphatic rings. The van der Waals surface area contributed by atoms with Crippen molar-refractivity contribution in [2.24, 2.45) is 0 Å². The number of rotatable bonds is 3. The van der Waals surface area contributed by atoms with Gasteiger partial charge in [0.15, 0.2) is 0 Å². The second-order valence-corrected chi connectivity index (χ2v) is 8.44. The van der Waals surface area contributed by atoms with E-state index in [1.54, 1.807) is 17.7 Å². The van der Waals surface area contributed by atoms with Crippen molar-refractivity contribution < 1.29 is 4.79 Å².